The Balaban J connectivity index is 1.60. The van der Waals surface area contributed by atoms with Crippen LogP contribution in [0, 0.1) is 11.3 Å². The van der Waals surface area contributed by atoms with Gasteiger partial charge in [0.25, 0.3) is 11.5 Å². The second-order valence-corrected chi connectivity index (χ2v) is 10.2. The van der Waals surface area contributed by atoms with Crippen molar-refractivity contribution < 1.29 is 23.7 Å². The van der Waals surface area contributed by atoms with Crippen LogP contribution in [0.5, 0.6) is 23.0 Å². The van der Waals surface area contributed by atoms with Gasteiger partial charge in [0.2, 0.25) is 5.75 Å². The van der Waals surface area contributed by atoms with Crippen LogP contribution in [0.4, 0.5) is 11.4 Å². The molecule has 0 spiro atoms. The molecule has 4 aromatic carbocycles. The van der Waals surface area contributed by atoms with Gasteiger partial charge in [0.1, 0.15) is 17.4 Å². The number of carbonyl (C=O) groups excluding carboxylic acids is 1. The SMILES string of the molecule is COc1ccc(-c2cc(-c3cc(OC)c(OC)c(OC)c3)c(C#N)c(=O)n2Cc2ccc(C(=O)Nc3ccccc3N)cc2)cc1. The predicted octanol–water partition coefficient (Wildman–Crippen LogP) is 5.97. The lowest BCUT2D eigenvalue weighted by Crippen LogP contribution is -2.25. The minimum atomic E-state index is -0.485. The fourth-order valence-electron chi connectivity index (χ4n) is 5.13. The van der Waals surface area contributed by atoms with Gasteiger partial charge in [-0.15, -0.1) is 0 Å². The maximum absolute atomic E-state index is 14.1. The first-order chi connectivity index (χ1) is 22.3. The van der Waals surface area contributed by atoms with Crippen molar-refractivity contribution in [2.75, 3.05) is 39.5 Å². The molecule has 0 radical (unpaired) electrons. The minimum Gasteiger partial charge on any atom is -0.497 e. The summed E-state index contributed by atoms with van der Waals surface area (Å²) in [6, 6.07) is 28.5. The van der Waals surface area contributed by atoms with Crippen molar-refractivity contribution in [2.24, 2.45) is 0 Å². The van der Waals surface area contributed by atoms with Gasteiger partial charge < -0.3 is 34.6 Å². The molecule has 0 aliphatic carbocycles. The zero-order valence-electron chi connectivity index (χ0n) is 25.8. The number of nitrogen functional groups attached to an aromatic ring is 1. The maximum Gasteiger partial charge on any atom is 0.269 e. The van der Waals surface area contributed by atoms with Crippen LogP contribution < -0.4 is 35.6 Å². The Bertz CT molecular complexity index is 1970. The van der Waals surface area contributed by atoms with Crippen molar-refractivity contribution in [1.29, 1.82) is 5.26 Å². The molecule has 232 valence electrons. The number of ether oxygens (including phenoxy) is 4. The minimum absolute atomic E-state index is 0.0528. The molecule has 46 heavy (non-hydrogen) atoms. The molecule has 5 aromatic rings. The van der Waals surface area contributed by atoms with Gasteiger partial charge in [-0.3, -0.25) is 9.59 Å². The highest BCUT2D eigenvalue weighted by atomic mass is 16.5. The second kappa shape index (κ2) is 13.6. The van der Waals surface area contributed by atoms with E-state index in [2.05, 4.69) is 11.4 Å². The number of rotatable bonds is 10. The molecule has 1 aromatic heterocycles. The monoisotopic (exact) mass is 616 g/mol. The molecule has 1 heterocycles. The van der Waals surface area contributed by atoms with E-state index in [9.17, 15) is 14.9 Å². The van der Waals surface area contributed by atoms with Crippen LogP contribution in [-0.2, 0) is 6.54 Å². The Morgan fingerprint density at radius 3 is 2.04 bits per heavy atom. The van der Waals surface area contributed by atoms with Crippen molar-refractivity contribution in [3.05, 3.63) is 118 Å². The summed E-state index contributed by atoms with van der Waals surface area (Å²) < 4.78 is 23.4. The number of hydrogen-bond acceptors (Lipinski definition) is 8. The van der Waals surface area contributed by atoms with Crippen LogP contribution in [0.1, 0.15) is 21.5 Å². The van der Waals surface area contributed by atoms with Crippen molar-refractivity contribution in [3.8, 4) is 51.5 Å². The Morgan fingerprint density at radius 1 is 0.826 bits per heavy atom. The molecule has 0 saturated heterocycles. The number of nitrogens with two attached hydrogens (primary N) is 1. The number of amides is 1. The van der Waals surface area contributed by atoms with E-state index in [1.54, 1.807) is 90.5 Å². The van der Waals surface area contributed by atoms with Crippen LogP contribution >= 0.6 is 0 Å². The molecule has 0 fully saturated rings. The normalized spacial score (nSPS) is 10.5. The molecule has 1 amide bonds. The predicted molar refractivity (Wildman–Crippen MR) is 177 cm³/mol. The summed E-state index contributed by atoms with van der Waals surface area (Å²) in [5.74, 6) is 1.50. The maximum atomic E-state index is 14.1. The molecule has 0 unspecified atom stereocenters. The number of para-hydroxylation sites is 2. The third kappa shape index (κ3) is 6.21. The van der Waals surface area contributed by atoms with Crippen molar-refractivity contribution in [3.63, 3.8) is 0 Å². The van der Waals surface area contributed by atoms with Crippen molar-refractivity contribution in [2.45, 2.75) is 6.54 Å². The van der Waals surface area contributed by atoms with E-state index in [0.717, 1.165) is 11.1 Å². The molecule has 0 atom stereocenters. The summed E-state index contributed by atoms with van der Waals surface area (Å²) in [5.41, 5.74) is 9.82. The lowest BCUT2D eigenvalue weighted by atomic mass is 9.97. The standard InChI is InChI=1S/C36H32N4O6/c1-43-26-15-13-23(14-16-26)31-19-27(25-17-32(44-2)34(46-4)33(18-25)45-3)28(20-37)36(42)40(31)21-22-9-11-24(12-10-22)35(41)39-30-8-6-5-7-29(30)38/h5-19H,21,38H2,1-4H3,(H,39,41). The summed E-state index contributed by atoms with van der Waals surface area (Å²) in [6.07, 6.45) is 0. The van der Waals surface area contributed by atoms with Gasteiger partial charge in [-0.25, -0.2) is 0 Å². The van der Waals surface area contributed by atoms with Crippen LogP contribution in [0.25, 0.3) is 22.4 Å². The number of methoxy groups -OCH3 is 4. The number of hydrogen-bond donors (Lipinski definition) is 2. The molecule has 0 aliphatic heterocycles. The molecule has 0 saturated carbocycles. The Labute approximate surface area is 266 Å². The van der Waals surface area contributed by atoms with Crippen LogP contribution in [0.15, 0.2) is 95.8 Å². The highest BCUT2D eigenvalue weighted by molar-refractivity contribution is 6.05. The van der Waals surface area contributed by atoms with Gasteiger partial charge in [-0.2, -0.15) is 5.26 Å². The highest BCUT2D eigenvalue weighted by Crippen LogP contribution is 2.42. The molecule has 0 aliphatic rings. The zero-order valence-corrected chi connectivity index (χ0v) is 25.8. The first-order valence-electron chi connectivity index (χ1n) is 14.2. The Morgan fingerprint density at radius 2 is 1.48 bits per heavy atom. The third-order valence-electron chi connectivity index (χ3n) is 7.54. The molecule has 10 heteroatoms. The summed E-state index contributed by atoms with van der Waals surface area (Å²) in [6.45, 7) is 0.137. The fourth-order valence-corrected chi connectivity index (χ4v) is 5.13. The Kier molecular flexibility index (Phi) is 9.24. The lowest BCUT2D eigenvalue weighted by molar-refractivity contribution is 0.102. The van der Waals surface area contributed by atoms with Gasteiger partial charge >= 0.3 is 0 Å². The molecule has 0 bridgehead atoms. The van der Waals surface area contributed by atoms with E-state index < -0.39 is 5.56 Å². The first-order valence-corrected chi connectivity index (χ1v) is 14.2. The average molecular weight is 617 g/mol. The quantitative estimate of drug-likeness (QED) is 0.183. The van der Waals surface area contributed by atoms with Crippen LogP contribution in [0.3, 0.4) is 0 Å². The Hall–Kier alpha value is -6.21. The zero-order chi connectivity index (χ0) is 32.8. The molecular weight excluding hydrogens is 584 g/mol. The number of nitriles is 1. The molecule has 3 N–H and O–H groups in total. The number of carbonyl (C=O) groups is 1. The van der Waals surface area contributed by atoms with Crippen LogP contribution in [-0.4, -0.2) is 38.9 Å². The summed E-state index contributed by atoms with van der Waals surface area (Å²) >= 11 is 0. The first kappa shape index (κ1) is 31.2. The van der Waals surface area contributed by atoms with E-state index in [1.165, 1.54) is 21.3 Å². The van der Waals surface area contributed by atoms with E-state index in [1.807, 2.05) is 12.1 Å². The number of anilines is 2. The lowest BCUT2D eigenvalue weighted by Gasteiger charge is -2.19. The van der Waals surface area contributed by atoms with Crippen LogP contribution in [0.2, 0.25) is 0 Å². The summed E-state index contributed by atoms with van der Waals surface area (Å²) in [4.78, 5) is 27.0. The topological polar surface area (TPSA) is 138 Å². The van der Waals surface area contributed by atoms with E-state index in [0.29, 0.717) is 56.8 Å². The molecule has 5 rings (SSSR count). The van der Waals surface area contributed by atoms with E-state index in [-0.39, 0.29) is 18.0 Å². The van der Waals surface area contributed by atoms with Gasteiger partial charge in [-0.1, -0.05) is 24.3 Å². The average Bonchev–Trinajstić information content (AvgIpc) is 3.09. The van der Waals surface area contributed by atoms with Crippen molar-refractivity contribution >= 4 is 17.3 Å². The number of nitrogens with zero attached hydrogens (tertiary/aromatic N) is 2. The highest BCUT2D eigenvalue weighted by Gasteiger charge is 2.21. The molecular formula is C36H32N4O6. The summed E-state index contributed by atoms with van der Waals surface area (Å²) in [5, 5.41) is 13.1. The van der Waals surface area contributed by atoms with E-state index in [4.69, 9.17) is 24.7 Å². The van der Waals surface area contributed by atoms with Gasteiger partial charge in [0.05, 0.1) is 52.1 Å². The second-order valence-electron chi connectivity index (χ2n) is 10.2. The van der Waals surface area contributed by atoms with Gasteiger partial charge in [0.15, 0.2) is 11.5 Å². The largest absolute Gasteiger partial charge is 0.497 e. The van der Waals surface area contributed by atoms with Crippen molar-refractivity contribution in [1.82, 2.24) is 4.57 Å². The van der Waals surface area contributed by atoms with E-state index >= 15 is 0 Å². The van der Waals surface area contributed by atoms with Gasteiger partial charge in [0, 0.05) is 11.1 Å². The number of pyridine rings is 1. The van der Waals surface area contributed by atoms with Gasteiger partial charge in [-0.05, 0) is 83.4 Å². The molecule has 10 nitrogen and oxygen atoms in total. The fraction of sp³-hybridized carbons (Fsp3) is 0.139. The smallest absolute Gasteiger partial charge is 0.269 e. The summed E-state index contributed by atoms with van der Waals surface area (Å²) in [7, 11) is 6.08. The number of aromatic nitrogens is 1. The number of benzene rings is 4. The number of nitrogens with one attached hydrogen (secondary N) is 1. The third-order valence-corrected chi connectivity index (χ3v) is 7.54.